The van der Waals surface area contributed by atoms with Gasteiger partial charge in [-0.15, -0.1) is 11.3 Å². The second-order valence-corrected chi connectivity index (χ2v) is 5.40. The Morgan fingerprint density at radius 3 is 2.67 bits per heavy atom. The molecule has 0 aliphatic carbocycles. The standard InChI is InChI=1S/C13H22N2O2S/c1-5-11(13-14-9(3)10(4)18-13)15-12(16)7-8-17-6-2/h11H,5-8H2,1-4H3,(H,15,16). The second kappa shape index (κ2) is 7.48. The van der Waals surface area contributed by atoms with E-state index in [0.29, 0.717) is 19.6 Å². The Morgan fingerprint density at radius 2 is 2.17 bits per heavy atom. The Balaban J connectivity index is 2.53. The summed E-state index contributed by atoms with van der Waals surface area (Å²) in [5, 5.41) is 4.01. The van der Waals surface area contributed by atoms with Crippen molar-refractivity contribution in [3.8, 4) is 0 Å². The van der Waals surface area contributed by atoms with E-state index in [1.807, 2.05) is 13.8 Å². The number of carbonyl (C=O) groups is 1. The maximum Gasteiger partial charge on any atom is 0.222 e. The molecule has 5 heteroatoms. The monoisotopic (exact) mass is 270 g/mol. The van der Waals surface area contributed by atoms with E-state index in [1.54, 1.807) is 11.3 Å². The predicted molar refractivity (Wildman–Crippen MR) is 73.9 cm³/mol. The Labute approximate surface area is 113 Å². The van der Waals surface area contributed by atoms with E-state index in [-0.39, 0.29) is 11.9 Å². The van der Waals surface area contributed by atoms with E-state index in [0.717, 1.165) is 17.1 Å². The Morgan fingerprint density at radius 1 is 1.44 bits per heavy atom. The molecule has 4 nitrogen and oxygen atoms in total. The third kappa shape index (κ3) is 4.38. The third-order valence-electron chi connectivity index (χ3n) is 2.76. The van der Waals surface area contributed by atoms with Crippen LogP contribution in [0.5, 0.6) is 0 Å². The van der Waals surface area contributed by atoms with Crippen molar-refractivity contribution in [2.45, 2.75) is 46.6 Å². The summed E-state index contributed by atoms with van der Waals surface area (Å²) in [6.07, 6.45) is 1.26. The van der Waals surface area contributed by atoms with Gasteiger partial charge >= 0.3 is 0 Å². The summed E-state index contributed by atoms with van der Waals surface area (Å²) in [5.74, 6) is 0.0285. The molecule has 102 valence electrons. The zero-order chi connectivity index (χ0) is 13.5. The summed E-state index contributed by atoms with van der Waals surface area (Å²) in [6, 6.07) is 0.0246. The van der Waals surface area contributed by atoms with Crippen molar-refractivity contribution in [2.75, 3.05) is 13.2 Å². The molecule has 18 heavy (non-hydrogen) atoms. The minimum Gasteiger partial charge on any atom is -0.381 e. The van der Waals surface area contributed by atoms with Crippen LogP contribution in [0.15, 0.2) is 0 Å². The number of hydrogen-bond acceptors (Lipinski definition) is 4. The highest BCUT2D eigenvalue weighted by atomic mass is 32.1. The molecule has 1 heterocycles. The number of hydrogen-bond donors (Lipinski definition) is 1. The number of thiazole rings is 1. The molecule has 0 aromatic carbocycles. The summed E-state index contributed by atoms with van der Waals surface area (Å²) in [6.45, 7) is 9.16. The van der Waals surface area contributed by atoms with Gasteiger partial charge in [-0.2, -0.15) is 0 Å². The molecule has 0 saturated carbocycles. The fraction of sp³-hybridized carbons (Fsp3) is 0.692. The number of rotatable bonds is 7. The van der Waals surface area contributed by atoms with Crippen LogP contribution in [0.3, 0.4) is 0 Å². The van der Waals surface area contributed by atoms with E-state index >= 15 is 0 Å². The number of aryl methyl sites for hydroxylation is 2. The van der Waals surface area contributed by atoms with Crippen LogP contribution in [0.25, 0.3) is 0 Å². The van der Waals surface area contributed by atoms with E-state index in [4.69, 9.17) is 4.74 Å². The summed E-state index contributed by atoms with van der Waals surface area (Å²) < 4.78 is 5.17. The molecule has 0 bridgehead atoms. The van der Waals surface area contributed by atoms with Crippen LogP contribution >= 0.6 is 11.3 Å². The number of carbonyl (C=O) groups excluding carboxylic acids is 1. The van der Waals surface area contributed by atoms with Crippen molar-refractivity contribution >= 4 is 17.2 Å². The zero-order valence-corrected chi connectivity index (χ0v) is 12.4. The van der Waals surface area contributed by atoms with Gasteiger partial charge in [0.1, 0.15) is 5.01 Å². The minimum atomic E-state index is 0.0246. The van der Waals surface area contributed by atoms with Crippen molar-refractivity contribution in [2.24, 2.45) is 0 Å². The lowest BCUT2D eigenvalue weighted by molar-refractivity contribution is -0.122. The quantitative estimate of drug-likeness (QED) is 0.775. The fourth-order valence-electron chi connectivity index (χ4n) is 1.56. The highest BCUT2D eigenvalue weighted by Crippen LogP contribution is 2.24. The highest BCUT2D eigenvalue weighted by molar-refractivity contribution is 7.11. The molecule has 0 aliphatic rings. The van der Waals surface area contributed by atoms with Gasteiger partial charge in [-0.25, -0.2) is 4.98 Å². The summed E-state index contributed by atoms with van der Waals surface area (Å²) in [5.41, 5.74) is 1.05. The largest absolute Gasteiger partial charge is 0.381 e. The van der Waals surface area contributed by atoms with Gasteiger partial charge in [-0.05, 0) is 27.2 Å². The lowest BCUT2D eigenvalue weighted by Crippen LogP contribution is -2.28. The van der Waals surface area contributed by atoms with Gasteiger partial charge in [-0.3, -0.25) is 4.79 Å². The maximum atomic E-state index is 11.7. The van der Waals surface area contributed by atoms with Crippen LogP contribution in [-0.4, -0.2) is 24.1 Å². The van der Waals surface area contributed by atoms with Crippen LogP contribution in [0.2, 0.25) is 0 Å². The lowest BCUT2D eigenvalue weighted by atomic mass is 10.2. The molecule has 1 unspecified atom stereocenters. The Kier molecular flexibility index (Phi) is 6.29. The first-order chi connectivity index (χ1) is 8.58. The van der Waals surface area contributed by atoms with Crippen molar-refractivity contribution in [3.63, 3.8) is 0 Å². The Bertz CT molecular complexity index is 371. The average molecular weight is 270 g/mol. The van der Waals surface area contributed by atoms with Crippen molar-refractivity contribution in [1.82, 2.24) is 10.3 Å². The first-order valence-electron chi connectivity index (χ1n) is 6.39. The number of ether oxygens (including phenoxy) is 1. The molecule has 0 aliphatic heterocycles. The van der Waals surface area contributed by atoms with Crippen LogP contribution < -0.4 is 5.32 Å². The van der Waals surface area contributed by atoms with Gasteiger partial charge in [-0.1, -0.05) is 6.92 Å². The van der Waals surface area contributed by atoms with Gasteiger partial charge in [0, 0.05) is 17.9 Å². The smallest absolute Gasteiger partial charge is 0.222 e. The van der Waals surface area contributed by atoms with Crippen LogP contribution in [0.4, 0.5) is 0 Å². The molecule has 1 atom stereocenters. The highest BCUT2D eigenvalue weighted by Gasteiger charge is 2.16. The number of amides is 1. The van der Waals surface area contributed by atoms with Crippen molar-refractivity contribution in [1.29, 1.82) is 0 Å². The normalized spacial score (nSPS) is 12.4. The number of nitrogens with one attached hydrogen (secondary N) is 1. The molecule has 0 fully saturated rings. The van der Waals surface area contributed by atoms with E-state index in [1.165, 1.54) is 4.88 Å². The van der Waals surface area contributed by atoms with E-state index in [2.05, 4.69) is 24.1 Å². The van der Waals surface area contributed by atoms with Crippen LogP contribution in [0.1, 0.15) is 48.3 Å². The first kappa shape index (κ1) is 15.1. The molecule has 1 rings (SSSR count). The SMILES string of the molecule is CCOCCC(=O)NC(CC)c1nc(C)c(C)s1. The zero-order valence-electron chi connectivity index (χ0n) is 11.6. The summed E-state index contributed by atoms with van der Waals surface area (Å²) in [7, 11) is 0. The van der Waals surface area contributed by atoms with Gasteiger partial charge in [0.05, 0.1) is 18.3 Å². The molecule has 1 aromatic rings. The summed E-state index contributed by atoms with van der Waals surface area (Å²) in [4.78, 5) is 17.5. The fourth-order valence-corrected chi connectivity index (χ4v) is 2.62. The average Bonchev–Trinajstić information content (AvgIpc) is 2.67. The molecule has 0 saturated heterocycles. The van der Waals surface area contributed by atoms with E-state index in [9.17, 15) is 4.79 Å². The Hall–Kier alpha value is -0.940. The maximum absolute atomic E-state index is 11.7. The lowest BCUT2D eigenvalue weighted by Gasteiger charge is -2.14. The molecule has 1 aromatic heterocycles. The molecule has 1 amide bonds. The second-order valence-electron chi connectivity index (χ2n) is 4.17. The molecule has 0 spiro atoms. The van der Waals surface area contributed by atoms with Gasteiger partial charge in [0.25, 0.3) is 0 Å². The van der Waals surface area contributed by atoms with Crippen molar-refractivity contribution in [3.05, 3.63) is 15.6 Å². The molecular weight excluding hydrogens is 248 g/mol. The first-order valence-corrected chi connectivity index (χ1v) is 7.21. The van der Waals surface area contributed by atoms with Crippen LogP contribution in [-0.2, 0) is 9.53 Å². The molecule has 0 radical (unpaired) electrons. The summed E-state index contributed by atoms with van der Waals surface area (Å²) >= 11 is 1.66. The third-order valence-corrected chi connectivity index (χ3v) is 3.95. The topological polar surface area (TPSA) is 51.2 Å². The predicted octanol–water partition coefficient (Wildman–Crippen LogP) is 2.75. The van der Waals surface area contributed by atoms with Gasteiger partial charge in [0.2, 0.25) is 5.91 Å². The minimum absolute atomic E-state index is 0.0246. The number of nitrogens with zero attached hydrogens (tertiary/aromatic N) is 1. The number of aromatic nitrogens is 1. The molecular formula is C13H22N2O2S. The van der Waals surface area contributed by atoms with Gasteiger partial charge < -0.3 is 10.1 Å². The van der Waals surface area contributed by atoms with Gasteiger partial charge in [0.15, 0.2) is 0 Å². The van der Waals surface area contributed by atoms with Crippen molar-refractivity contribution < 1.29 is 9.53 Å². The molecule has 1 N–H and O–H groups in total. The van der Waals surface area contributed by atoms with E-state index < -0.39 is 0 Å². The van der Waals surface area contributed by atoms with Crippen LogP contribution in [0, 0.1) is 13.8 Å².